The van der Waals surface area contributed by atoms with E-state index in [1.165, 1.54) is 92.0 Å². The summed E-state index contributed by atoms with van der Waals surface area (Å²) in [5.74, 6) is 0. The summed E-state index contributed by atoms with van der Waals surface area (Å²) in [5.41, 5.74) is 13.4. The largest absolute Gasteiger partial charge is 1.00 e. The third-order valence-electron chi connectivity index (χ3n) is 7.64. The molecule has 232 valence electrons. The van der Waals surface area contributed by atoms with E-state index in [1.807, 2.05) is 34.0 Å². The van der Waals surface area contributed by atoms with E-state index in [-0.39, 0.29) is 24.8 Å². The van der Waals surface area contributed by atoms with Crippen molar-refractivity contribution in [2.75, 3.05) is 0 Å². The van der Waals surface area contributed by atoms with Crippen molar-refractivity contribution in [3.63, 3.8) is 0 Å². The van der Waals surface area contributed by atoms with Gasteiger partial charge in [0.2, 0.25) is 0 Å². The number of halogens is 5. The minimum atomic E-state index is -4.22. The molecule has 0 heterocycles. The summed E-state index contributed by atoms with van der Waals surface area (Å²) < 4.78 is 37.9. The van der Waals surface area contributed by atoms with E-state index in [2.05, 4.69) is 98.8 Å². The van der Waals surface area contributed by atoms with Gasteiger partial charge in [0.1, 0.15) is 0 Å². The maximum absolute atomic E-state index is 12.0. The van der Waals surface area contributed by atoms with Crippen LogP contribution < -0.4 is 24.8 Å². The minimum absolute atomic E-state index is 0. The van der Waals surface area contributed by atoms with Crippen LogP contribution in [0.3, 0.4) is 0 Å². The number of aryl methyl sites for hydroxylation is 2. The molecule has 6 aromatic rings. The standard InChI is InChI=1S/C27H21.C8H5F3.C5H5.2ClH.Zr/c1-18-7-3-5-9-24(18)20-11-13-26-22(15-20)17-23-16-21(12-14-27(23)26)25-10-6-4-8-19(25)2;1-6-2-4-7(5-3-6)8(9,10)11;1-2-4-5-3-1;;;/h3-15H,17H2,1-2H3;1-5H;1-5H;2*1H;/q-1;;-1;;;+2/p-2. The Hall–Kier alpha value is -3.43. The number of hydrogen-bond acceptors (Lipinski definition) is 0. The van der Waals surface area contributed by atoms with Gasteiger partial charge in [-0.05, 0) is 42.5 Å². The average molecular weight is 731 g/mol. The summed E-state index contributed by atoms with van der Waals surface area (Å²) in [6.07, 6.45) is -3.26. The normalized spacial score (nSPS) is 10.8. The molecule has 0 fully saturated rings. The molecule has 0 spiro atoms. The van der Waals surface area contributed by atoms with Crippen molar-refractivity contribution in [2.45, 2.75) is 26.4 Å². The summed E-state index contributed by atoms with van der Waals surface area (Å²) in [6, 6.07) is 47.4. The summed E-state index contributed by atoms with van der Waals surface area (Å²) >= 11 is 1.18. The van der Waals surface area contributed by atoms with Crippen LogP contribution in [-0.4, -0.2) is 3.71 Å². The first-order valence-electron chi connectivity index (χ1n) is 14.4. The number of benzene rings is 5. The van der Waals surface area contributed by atoms with Crippen LogP contribution in [0.25, 0.3) is 33.4 Å². The van der Waals surface area contributed by atoms with E-state index in [0.717, 1.165) is 24.1 Å². The van der Waals surface area contributed by atoms with E-state index >= 15 is 0 Å². The van der Waals surface area contributed by atoms with Gasteiger partial charge >= 0.3 is 82.7 Å². The average Bonchev–Trinajstić information content (AvgIpc) is 3.73. The molecule has 6 heteroatoms. The fourth-order valence-electron chi connectivity index (χ4n) is 5.31. The quantitative estimate of drug-likeness (QED) is 0.229. The van der Waals surface area contributed by atoms with Crippen molar-refractivity contribution in [3.8, 4) is 33.4 Å². The SMILES string of the molecule is Cc1ccccc1-c1[c-]c2c(cc1)-c1ccc(-c3ccccc3C)cc1C2.FC(F)(F)c1ccc([CH]=[Zr+2])cc1.[Cl-].[Cl-].c1cc[cH-]c1. The number of rotatable bonds is 3. The van der Waals surface area contributed by atoms with Crippen LogP contribution in [-0.2, 0) is 36.8 Å². The van der Waals surface area contributed by atoms with Gasteiger partial charge in [-0.2, -0.15) is 18.2 Å². The van der Waals surface area contributed by atoms with Gasteiger partial charge in [-0.25, -0.2) is 12.1 Å². The Bertz CT molecular complexity index is 1750. The zero-order chi connectivity index (χ0) is 31.1. The summed E-state index contributed by atoms with van der Waals surface area (Å²) in [7, 11) is 0. The van der Waals surface area contributed by atoms with Crippen LogP contribution >= 0.6 is 0 Å². The van der Waals surface area contributed by atoms with Gasteiger partial charge in [-0.3, -0.25) is 0 Å². The topological polar surface area (TPSA) is 0 Å². The van der Waals surface area contributed by atoms with Gasteiger partial charge < -0.3 is 24.8 Å². The molecule has 0 unspecified atom stereocenters. The third kappa shape index (κ3) is 9.10. The van der Waals surface area contributed by atoms with Crippen LogP contribution in [0.2, 0.25) is 0 Å². The van der Waals surface area contributed by atoms with Gasteiger partial charge in [0.15, 0.2) is 0 Å². The second-order valence-electron chi connectivity index (χ2n) is 10.7. The van der Waals surface area contributed by atoms with Crippen molar-refractivity contribution in [1.29, 1.82) is 0 Å². The van der Waals surface area contributed by atoms with Crippen LogP contribution in [0.15, 0.2) is 133 Å². The summed E-state index contributed by atoms with van der Waals surface area (Å²) in [5, 5.41) is 0. The Balaban J connectivity index is 0.000000253. The maximum Gasteiger partial charge on any atom is -0.172 e. The van der Waals surface area contributed by atoms with Crippen molar-refractivity contribution in [3.05, 3.63) is 173 Å². The second kappa shape index (κ2) is 16.9. The molecule has 0 N–H and O–H groups in total. The van der Waals surface area contributed by atoms with Crippen LogP contribution in [0.4, 0.5) is 13.2 Å². The predicted octanol–water partition coefficient (Wildman–Crippen LogP) is 4.82. The van der Waals surface area contributed by atoms with Crippen molar-refractivity contribution >= 4 is 3.71 Å². The molecule has 0 saturated heterocycles. The Morgan fingerprint density at radius 3 is 1.80 bits per heavy atom. The van der Waals surface area contributed by atoms with Crippen molar-refractivity contribution < 1.29 is 62.2 Å². The molecule has 6 aromatic carbocycles. The zero-order valence-corrected chi connectivity index (χ0v) is 29.3. The van der Waals surface area contributed by atoms with E-state index in [9.17, 15) is 13.2 Å². The fourth-order valence-corrected chi connectivity index (χ4v) is 5.78. The maximum atomic E-state index is 12.0. The molecule has 0 saturated carbocycles. The van der Waals surface area contributed by atoms with E-state index in [1.54, 1.807) is 0 Å². The second-order valence-corrected chi connectivity index (χ2v) is 11.4. The molecule has 7 rings (SSSR count). The van der Waals surface area contributed by atoms with E-state index in [4.69, 9.17) is 0 Å². The molecule has 0 aliphatic heterocycles. The number of hydrogen-bond donors (Lipinski definition) is 0. The van der Waals surface area contributed by atoms with Crippen LogP contribution in [0.1, 0.15) is 33.4 Å². The minimum Gasteiger partial charge on any atom is -1.00 e. The van der Waals surface area contributed by atoms with E-state index < -0.39 is 11.7 Å². The van der Waals surface area contributed by atoms with Crippen LogP contribution in [0, 0.1) is 19.9 Å². The molecule has 0 nitrogen and oxygen atoms in total. The third-order valence-corrected chi connectivity index (χ3v) is 8.46. The van der Waals surface area contributed by atoms with Crippen molar-refractivity contribution in [2.24, 2.45) is 0 Å². The molecule has 1 aliphatic rings. The van der Waals surface area contributed by atoms with Crippen LogP contribution in [0.5, 0.6) is 0 Å². The molecule has 0 bridgehead atoms. The monoisotopic (exact) mass is 728 g/mol. The van der Waals surface area contributed by atoms with Crippen molar-refractivity contribution in [1.82, 2.24) is 0 Å². The molecule has 46 heavy (non-hydrogen) atoms. The number of alkyl halides is 3. The molecular weight excluding hydrogens is 700 g/mol. The molecule has 0 amide bonds. The van der Waals surface area contributed by atoms with Gasteiger partial charge in [0, 0.05) is 0 Å². The summed E-state index contributed by atoms with van der Waals surface area (Å²) in [6.45, 7) is 4.35. The van der Waals surface area contributed by atoms with Gasteiger partial charge in [-0.1, -0.05) is 89.0 Å². The first-order valence-corrected chi connectivity index (χ1v) is 15.8. The Morgan fingerprint density at radius 2 is 1.26 bits per heavy atom. The molecule has 0 aromatic heterocycles. The molecule has 1 aliphatic carbocycles. The molecular formula is C40H31Cl2F3Zr-2. The zero-order valence-electron chi connectivity index (χ0n) is 25.4. The molecule has 0 atom stereocenters. The first kappa shape index (κ1) is 37.0. The smallest absolute Gasteiger partial charge is 0.172 e. The fraction of sp³-hybridized carbons (Fsp3) is 0.100. The van der Waals surface area contributed by atoms with E-state index in [0.29, 0.717) is 0 Å². The summed E-state index contributed by atoms with van der Waals surface area (Å²) in [4.78, 5) is 0. The first-order chi connectivity index (χ1) is 21.2. The van der Waals surface area contributed by atoms with Gasteiger partial charge in [0.25, 0.3) is 0 Å². The Kier molecular flexibility index (Phi) is 13.6. The number of fused-ring (bicyclic) bond motifs is 3. The Labute approximate surface area is 296 Å². The van der Waals surface area contributed by atoms with Gasteiger partial charge in [0.05, 0.1) is 0 Å². The predicted molar refractivity (Wildman–Crippen MR) is 173 cm³/mol. The van der Waals surface area contributed by atoms with Gasteiger partial charge in [-0.15, -0.1) is 29.3 Å². The Morgan fingerprint density at radius 1 is 0.674 bits per heavy atom. The molecule has 0 radical (unpaired) electrons.